The van der Waals surface area contributed by atoms with Crippen LogP contribution >= 0.6 is 0 Å². The van der Waals surface area contributed by atoms with Crippen LogP contribution in [0.5, 0.6) is 0 Å². The van der Waals surface area contributed by atoms with Crippen molar-refractivity contribution >= 4 is 12.2 Å². The molecule has 1 atom stereocenters. The van der Waals surface area contributed by atoms with Gasteiger partial charge in [-0.3, -0.25) is 9.79 Å². The SMILES string of the molecule is CCCCC([C]=O)N(CC)/C(N)=N/CC. The molecular formula is C11H22N3O. The molecule has 0 spiro atoms. The van der Waals surface area contributed by atoms with Gasteiger partial charge in [-0.05, 0) is 20.3 Å². The Morgan fingerprint density at radius 2 is 2.13 bits per heavy atom. The molecule has 0 saturated heterocycles. The van der Waals surface area contributed by atoms with Gasteiger partial charge in [0, 0.05) is 13.1 Å². The molecule has 0 aromatic carbocycles. The zero-order valence-corrected chi connectivity index (χ0v) is 9.99. The van der Waals surface area contributed by atoms with Gasteiger partial charge in [0.2, 0.25) is 6.29 Å². The summed E-state index contributed by atoms with van der Waals surface area (Å²) in [6.07, 6.45) is 4.92. The molecule has 0 aliphatic heterocycles. The standard InChI is InChI=1S/C11H22N3O/c1-4-7-8-10(9-15)14(6-3)11(12)13-5-2/h10H,4-8H2,1-3H3,(H2,12,13). The molecule has 0 bridgehead atoms. The van der Waals surface area contributed by atoms with Gasteiger partial charge < -0.3 is 10.6 Å². The van der Waals surface area contributed by atoms with Crippen molar-refractivity contribution in [2.24, 2.45) is 10.7 Å². The lowest BCUT2D eigenvalue weighted by molar-refractivity contribution is 0.351. The summed E-state index contributed by atoms with van der Waals surface area (Å²) < 4.78 is 0. The van der Waals surface area contributed by atoms with E-state index < -0.39 is 0 Å². The van der Waals surface area contributed by atoms with Crippen molar-refractivity contribution < 1.29 is 4.79 Å². The van der Waals surface area contributed by atoms with E-state index in [4.69, 9.17) is 5.73 Å². The molecule has 1 radical (unpaired) electrons. The highest BCUT2D eigenvalue weighted by Gasteiger charge is 2.18. The molecule has 87 valence electrons. The van der Waals surface area contributed by atoms with Gasteiger partial charge in [-0.1, -0.05) is 19.8 Å². The third-order valence-corrected chi connectivity index (χ3v) is 2.30. The van der Waals surface area contributed by atoms with Crippen molar-refractivity contribution in [2.45, 2.75) is 46.1 Å². The first kappa shape index (κ1) is 13.9. The third-order valence-electron chi connectivity index (χ3n) is 2.30. The van der Waals surface area contributed by atoms with Crippen LogP contribution in [0.1, 0.15) is 40.0 Å². The van der Waals surface area contributed by atoms with Crippen LogP contribution < -0.4 is 5.73 Å². The average Bonchev–Trinajstić information content (AvgIpc) is 2.24. The molecule has 0 aliphatic rings. The predicted octanol–water partition coefficient (Wildman–Crippen LogP) is 1.31. The smallest absolute Gasteiger partial charge is 0.223 e. The highest BCUT2D eigenvalue weighted by atomic mass is 16.1. The van der Waals surface area contributed by atoms with Crippen LogP contribution in [0.3, 0.4) is 0 Å². The first-order valence-corrected chi connectivity index (χ1v) is 5.65. The van der Waals surface area contributed by atoms with Crippen LogP contribution in [-0.4, -0.2) is 36.3 Å². The van der Waals surface area contributed by atoms with E-state index in [9.17, 15) is 4.79 Å². The molecule has 0 aromatic heterocycles. The summed E-state index contributed by atoms with van der Waals surface area (Å²) in [5, 5.41) is 0. The van der Waals surface area contributed by atoms with E-state index in [2.05, 4.69) is 11.9 Å². The molecule has 0 fully saturated rings. The van der Waals surface area contributed by atoms with Gasteiger partial charge in [-0.2, -0.15) is 0 Å². The first-order valence-electron chi connectivity index (χ1n) is 5.65. The van der Waals surface area contributed by atoms with Crippen LogP contribution in [0.25, 0.3) is 0 Å². The van der Waals surface area contributed by atoms with E-state index in [1.165, 1.54) is 0 Å². The summed E-state index contributed by atoms with van der Waals surface area (Å²) in [5.41, 5.74) is 5.78. The van der Waals surface area contributed by atoms with E-state index in [0.717, 1.165) is 19.3 Å². The number of guanidine groups is 1. The van der Waals surface area contributed by atoms with E-state index in [0.29, 0.717) is 19.0 Å². The zero-order chi connectivity index (χ0) is 11.7. The lowest BCUT2D eigenvalue weighted by Crippen LogP contribution is -2.45. The van der Waals surface area contributed by atoms with Crippen LogP contribution in [-0.2, 0) is 4.79 Å². The maximum Gasteiger partial charge on any atom is 0.223 e. The van der Waals surface area contributed by atoms with Crippen molar-refractivity contribution in [3.8, 4) is 0 Å². The van der Waals surface area contributed by atoms with E-state index in [1.54, 1.807) is 0 Å². The fourth-order valence-electron chi connectivity index (χ4n) is 1.47. The lowest BCUT2D eigenvalue weighted by Gasteiger charge is -2.27. The van der Waals surface area contributed by atoms with Crippen molar-refractivity contribution in [3.63, 3.8) is 0 Å². The Morgan fingerprint density at radius 1 is 1.47 bits per heavy atom. The number of hydrogen-bond acceptors (Lipinski definition) is 2. The Balaban J connectivity index is 4.45. The molecule has 0 heterocycles. The minimum atomic E-state index is -0.245. The second-order valence-corrected chi connectivity index (χ2v) is 3.39. The maximum absolute atomic E-state index is 10.8. The summed E-state index contributed by atoms with van der Waals surface area (Å²) in [5.74, 6) is 0.449. The normalized spacial score (nSPS) is 13.7. The fourth-order valence-corrected chi connectivity index (χ4v) is 1.47. The van der Waals surface area contributed by atoms with Gasteiger partial charge in [-0.15, -0.1) is 0 Å². The number of likely N-dealkylation sites (N-methyl/N-ethyl adjacent to an activating group) is 1. The van der Waals surface area contributed by atoms with Crippen molar-refractivity contribution in [1.29, 1.82) is 0 Å². The number of aliphatic imine (C=N–C) groups is 1. The molecule has 0 saturated carbocycles. The van der Waals surface area contributed by atoms with Crippen molar-refractivity contribution in [3.05, 3.63) is 0 Å². The van der Waals surface area contributed by atoms with Gasteiger partial charge >= 0.3 is 0 Å². The van der Waals surface area contributed by atoms with Gasteiger partial charge in [-0.25, -0.2) is 0 Å². The van der Waals surface area contributed by atoms with Gasteiger partial charge in [0.15, 0.2) is 5.96 Å². The second kappa shape index (κ2) is 8.26. The zero-order valence-electron chi connectivity index (χ0n) is 9.99. The molecule has 4 nitrogen and oxygen atoms in total. The summed E-state index contributed by atoms with van der Waals surface area (Å²) >= 11 is 0. The molecule has 0 rings (SSSR count). The molecular weight excluding hydrogens is 190 g/mol. The average molecular weight is 212 g/mol. The highest BCUT2D eigenvalue weighted by molar-refractivity contribution is 5.81. The molecule has 0 aromatic rings. The third kappa shape index (κ3) is 4.81. The van der Waals surface area contributed by atoms with Gasteiger partial charge in [0.05, 0.1) is 6.04 Å². The Morgan fingerprint density at radius 3 is 2.53 bits per heavy atom. The second-order valence-electron chi connectivity index (χ2n) is 3.39. The van der Waals surface area contributed by atoms with E-state index in [1.807, 2.05) is 25.0 Å². The summed E-state index contributed by atoms with van der Waals surface area (Å²) in [6.45, 7) is 7.32. The number of rotatable bonds is 7. The topological polar surface area (TPSA) is 58.7 Å². The highest BCUT2D eigenvalue weighted by Crippen LogP contribution is 2.06. The molecule has 2 N–H and O–H groups in total. The minimum Gasteiger partial charge on any atom is -0.370 e. The van der Waals surface area contributed by atoms with Crippen molar-refractivity contribution in [1.82, 2.24) is 4.90 Å². The number of hydrogen-bond donors (Lipinski definition) is 1. The largest absolute Gasteiger partial charge is 0.370 e. The van der Waals surface area contributed by atoms with Crippen LogP contribution in [0.2, 0.25) is 0 Å². The fraction of sp³-hybridized carbons (Fsp3) is 0.818. The Labute approximate surface area is 92.5 Å². The minimum absolute atomic E-state index is 0.245. The molecule has 4 heteroatoms. The molecule has 1 unspecified atom stereocenters. The molecule has 0 amide bonds. The quantitative estimate of drug-likeness (QED) is 0.511. The van der Waals surface area contributed by atoms with Crippen LogP contribution in [0.4, 0.5) is 0 Å². The van der Waals surface area contributed by atoms with Gasteiger partial charge in [0.25, 0.3) is 0 Å². The van der Waals surface area contributed by atoms with E-state index in [-0.39, 0.29) is 6.04 Å². The summed E-state index contributed by atoms with van der Waals surface area (Å²) in [4.78, 5) is 16.8. The Bertz CT molecular complexity index is 204. The number of unbranched alkanes of at least 4 members (excludes halogenated alkanes) is 1. The Hall–Kier alpha value is -1.06. The number of nitrogens with zero attached hydrogens (tertiary/aromatic N) is 2. The Kier molecular flexibility index (Phi) is 7.68. The van der Waals surface area contributed by atoms with Crippen LogP contribution in [0.15, 0.2) is 4.99 Å². The summed E-state index contributed by atoms with van der Waals surface area (Å²) in [7, 11) is 0. The first-order chi connectivity index (χ1) is 7.21. The van der Waals surface area contributed by atoms with Crippen molar-refractivity contribution in [2.75, 3.05) is 13.1 Å². The summed E-state index contributed by atoms with van der Waals surface area (Å²) in [6, 6.07) is -0.245. The monoisotopic (exact) mass is 212 g/mol. The molecule has 0 aliphatic carbocycles. The predicted molar refractivity (Wildman–Crippen MR) is 63.5 cm³/mol. The van der Waals surface area contributed by atoms with Crippen LogP contribution in [0, 0.1) is 0 Å². The molecule has 15 heavy (non-hydrogen) atoms. The lowest BCUT2D eigenvalue weighted by atomic mass is 10.1. The van der Waals surface area contributed by atoms with Gasteiger partial charge in [0.1, 0.15) is 0 Å². The van der Waals surface area contributed by atoms with E-state index >= 15 is 0 Å². The number of nitrogens with two attached hydrogens (primary N) is 1. The maximum atomic E-state index is 10.8. The number of carbonyl (C=O) groups excluding carboxylic acids is 1.